The summed E-state index contributed by atoms with van der Waals surface area (Å²) in [5.74, 6) is -1.30. The summed E-state index contributed by atoms with van der Waals surface area (Å²) in [6, 6.07) is 0. The standard InChI is InChI=1S/C31H56O8/c1-27(32)37-25-22-31(2,3)26-30(36)39-24-19-15-11-7-6-10-14-18-23-38-29(35)21-17-13-9-5-4-8-12-16-20-28(33)34/h4-26H2,1-3H3,(H,33,34). The molecule has 0 aliphatic carbocycles. The lowest BCUT2D eigenvalue weighted by Gasteiger charge is -2.23. The number of hydrogen-bond acceptors (Lipinski definition) is 7. The van der Waals surface area contributed by atoms with Crippen LogP contribution in [0.4, 0.5) is 0 Å². The fraction of sp³-hybridized carbons (Fsp3) is 0.871. The fourth-order valence-corrected chi connectivity index (χ4v) is 4.32. The van der Waals surface area contributed by atoms with Crippen molar-refractivity contribution in [1.29, 1.82) is 0 Å². The molecule has 0 spiro atoms. The van der Waals surface area contributed by atoms with Gasteiger partial charge in [0, 0.05) is 19.8 Å². The van der Waals surface area contributed by atoms with Gasteiger partial charge < -0.3 is 19.3 Å². The Morgan fingerprint density at radius 1 is 0.538 bits per heavy atom. The van der Waals surface area contributed by atoms with E-state index in [2.05, 4.69) is 0 Å². The molecule has 8 nitrogen and oxygen atoms in total. The molecule has 0 aliphatic heterocycles. The Balaban J connectivity index is 3.39. The van der Waals surface area contributed by atoms with E-state index < -0.39 is 5.97 Å². The van der Waals surface area contributed by atoms with E-state index in [4.69, 9.17) is 19.3 Å². The molecule has 0 aliphatic rings. The number of carbonyl (C=O) groups excluding carboxylic acids is 3. The lowest BCUT2D eigenvalue weighted by atomic mass is 9.86. The third-order valence-electron chi connectivity index (χ3n) is 6.79. The van der Waals surface area contributed by atoms with Gasteiger partial charge in [-0.3, -0.25) is 19.2 Å². The Morgan fingerprint density at radius 3 is 1.41 bits per heavy atom. The highest BCUT2D eigenvalue weighted by atomic mass is 16.5. The minimum atomic E-state index is -0.712. The average Bonchev–Trinajstić information content (AvgIpc) is 2.84. The fourth-order valence-electron chi connectivity index (χ4n) is 4.32. The number of esters is 3. The highest BCUT2D eigenvalue weighted by molar-refractivity contribution is 5.70. The molecule has 0 unspecified atom stereocenters. The molecule has 0 rings (SSSR count). The number of carboxylic acids is 1. The predicted molar refractivity (Wildman–Crippen MR) is 152 cm³/mol. The number of carboxylic acid groups (broad SMARTS) is 1. The monoisotopic (exact) mass is 556 g/mol. The van der Waals surface area contributed by atoms with Crippen LogP contribution in [0.3, 0.4) is 0 Å². The molecular formula is C31H56O8. The van der Waals surface area contributed by atoms with Gasteiger partial charge in [0.25, 0.3) is 0 Å². The van der Waals surface area contributed by atoms with Gasteiger partial charge in [-0.1, -0.05) is 90.9 Å². The Bertz CT molecular complexity index is 659. The first-order valence-electron chi connectivity index (χ1n) is 15.3. The van der Waals surface area contributed by atoms with E-state index in [1.54, 1.807) is 0 Å². The zero-order valence-corrected chi connectivity index (χ0v) is 25.1. The van der Waals surface area contributed by atoms with Gasteiger partial charge in [-0.05, 0) is 37.5 Å². The van der Waals surface area contributed by atoms with Crippen LogP contribution in [0.15, 0.2) is 0 Å². The maximum Gasteiger partial charge on any atom is 0.306 e. The van der Waals surface area contributed by atoms with E-state index in [0.717, 1.165) is 89.9 Å². The Kier molecular flexibility index (Phi) is 23.5. The maximum absolute atomic E-state index is 12.0. The van der Waals surface area contributed by atoms with Crippen molar-refractivity contribution < 1.29 is 38.5 Å². The second-order valence-electron chi connectivity index (χ2n) is 11.4. The van der Waals surface area contributed by atoms with E-state index >= 15 is 0 Å². The first-order valence-corrected chi connectivity index (χ1v) is 15.3. The van der Waals surface area contributed by atoms with Gasteiger partial charge in [0.15, 0.2) is 0 Å². The molecule has 1 N–H and O–H groups in total. The molecule has 0 aromatic heterocycles. The molecule has 0 fully saturated rings. The van der Waals surface area contributed by atoms with Crippen molar-refractivity contribution in [2.75, 3.05) is 19.8 Å². The van der Waals surface area contributed by atoms with Crippen molar-refractivity contribution in [2.24, 2.45) is 5.41 Å². The van der Waals surface area contributed by atoms with E-state index in [-0.39, 0.29) is 29.7 Å². The minimum Gasteiger partial charge on any atom is -0.481 e. The zero-order valence-electron chi connectivity index (χ0n) is 25.1. The number of hydrogen-bond donors (Lipinski definition) is 1. The lowest BCUT2D eigenvalue weighted by molar-refractivity contribution is -0.147. The van der Waals surface area contributed by atoms with Gasteiger partial charge in [-0.25, -0.2) is 0 Å². The van der Waals surface area contributed by atoms with Crippen molar-refractivity contribution in [3.8, 4) is 0 Å². The highest BCUT2D eigenvalue weighted by Crippen LogP contribution is 2.25. The molecule has 0 atom stereocenters. The van der Waals surface area contributed by atoms with Gasteiger partial charge in [0.1, 0.15) is 0 Å². The average molecular weight is 557 g/mol. The number of rotatable bonds is 27. The first-order chi connectivity index (χ1) is 18.6. The van der Waals surface area contributed by atoms with Gasteiger partial charge in [-0.15, -0.1) is 0 Å². The zero-order chi connectivity index (χ0) is 29.2. The minimum absolute atomic E-state index is 0.0880. The molecule has 228 valence electrons. The Morgan fingerprint density at radius 2 is 0.949 bits per heavy atom. The van der Waals surface area contributed by atoms with Gasteiger partial charge in [0.05, 0.1) is 26.2 Å². The number of ether oxygens (including phenoxy) is 3. The molecule has 0 aromatic rings. The number of aliphatic carboxylic acids is 1. The SMILES string of the molecule is CC(=O)OCCC(C)(C)CC(=O)OCCCCCCCCCCOC(=O)CCCCCCCCCCC(=O)O. The molecule has 0 saturated heterocycles. The van der Waals surface area contributed by atoms with Gasteiger partial charge in [-0.2, -0.15) is 0 Å². The highest BCUT2D eigenvalue weighted by Gasteiger charge is 2.23. The van der Waals surface area contributed by atoms with Crippen molar-refractivity contribution in [3.63, 3.8) is 0 Å². The van der Waals surface area contributed by atoms with E-state index in [1.807, 2.05) is 13.8 Å². The molecule has 0 heterocycles. The third kappa shape index (κ3) is 28.7. The summed E-state index contributed by atoms with van der Waals surface area (Å²) in [6.45, 7) is 6.63. The van der Waals surface area contributed by atoms with Crippen LogP contribution in [-0.2, 0) is 33.4 Å². The Labute approximate surface area is 236 Å². The van der Waals surface area contributed by atoms with Crippen LogP contribution < -0.4 is 0 Å². The largest absolute Gasteiger partial charge is 0.481 e. The predicted octanol–water partition coefficient (Wildman–Crippen LogP) is 7.55. The summed E-state index contributed by atoms with van der Waals surface area (Å²) in [4.78, 5) is 45.1. The van der Waals surface area contributed by atoms with Crippen molar-refractivity contribution in [3.05, 3.63) is 0 Å². The van der Waals surface area contributed by atoms with E-state index in [9.17, 15) is 19.2 Å². The summed E-state index contributed by atoms with van der Waals surface area (Å²) in [5.41, 5.74) is -0.251. The van der Waals surface area contributed by atoms with Crippen LogP contribution in [-0.4, -0.2) is 48.8 Å². The summed E-state index contributed by atoms with van der Waals surface area (Å²) in [7, 11) is 0. The van der Waals surface area contributed by atoms with Crippen molar-refractivity contribution >= 4 is 23.9 Å². The van der Waals surface area contributed by atoms with Crippen LogP contribution in [0.1, 0.15) is 149 Å². The first kappa shape index (κ1) is 36.9. The van der Waals surface area contributed by atoms with Crippen LogP contribution in [0.25, 0.3) is 0 Å². The smallest absolute Gasteiger partial charge is 0.306 e. The maximum atomic E-state index is 12.0. The van der Waals surface area contributed by atoms with Crippen molar-refractivity contribution in [1.82, 2.24) is 0 Å². The molecule has 0 amide bonds. The van der Waals surface area contributed by atoms with Crippen LogP contribution in [0.2, 0.25) is 0 Å². The molecule has 39 heavy (non-hydrogen) atoms. The molecular weight excluding hydrogens is 500 g/mol. The number of carbonyl (C=O) groups is 4. The summed E-state index contributed by atoms with van der Waals surface area (Å²) in [6.07, 6.45) is 18.4. The molecule has 0 saturated carbocycles. The second kappa shape index (κ2) is 24.9. The summed E-state index contributed by atoms with van der Waals surface area (Å²) in [5, 5.41) is 8.60. The Hall–Kier alpha value is -2.12. The van der Waals surface area contributed by atoms with Crippen LogP contribution >= 0.6 is 0 Å². The quantitative estimate of drug-likeness (QED) is 0.0626. The van der Waals surface area contributed by atoms with Crippen LogP contribution in [0.5, 0.6) is 0 Å². The number of unbranched alkanes of at least 4 members (excludes halogenated alkanes) is 14. The summed E-state index contributed by atoms with van der Waals surface area (Å²) >= 11 is 0. The van der Waals surface area contributed by atoms with Gasteiger partial charge in [0.2, 0.25) is 0 Å². The topological polar surface area (TPSA) is 116 Å². The summed E-state index contributed by atoms with van der Waals surface area (Å²) < 4.78 is 15.7. The van der Waals surface area contributed by atoms with E-state index in [0.29, 0.717) is 39.1 Å². The third-order valence-corrected chi connectivity index (χ3v) is 6.79. The molecule has 0 bridgehead atoms. The normalized spacial score (nSPS) is 11.3. The van der Waals surface area contributed by atoms with Crippen molar-refractivity contribution in [2.45, 2.75) is 149 Å². The van der Waals surface area contributed by atoms with Crippen LogP contribution in [0, 0.1) is 5.41 Å². The molecule has 0 radical (unpaired) electrons. The lowest BCUT2D eigenvalue weighted by Crippen LogP contribution is -2.21. The molecule has 0 aromatic carbocycles. The second-order valence-corrected chi connectivity index (χ2v) is 11.4. The molecule has 8 heteroatoms. The van der Waals surface area contributed by atoms with E-state index in [1.165, 1.54) is 19.8 Å². The van der Waals surface area contributed by atoms with Gasteiger partial charge >= 0.3 is 23.9 Å².